The van der Waals surface area contributed by atoms with Crippen LogP contribution in [0.15, 0.2) is 72.8 Å². The fourth-order valence-corrected chi connectivity index (χ4v) is 5.55. The summed E-state index contributed by atoms with van der Waals surface area (Å²) in [6.45, 7) is 2.49. The first-order chi connectivity index (χ1) is 18.4. The van der Waals surface area contributed by atoms with Gasteiger partial charge in [0, 0.05) is 30.1 Å². The Balaban J connectivity index is 1.12. The molecule has 1 saturated heterocycles. The van der Waals surface area contributed by atoms with Crippen molar-refractivity contribution < 1.29 is 19.2 Å². The van der Waals surface area contributed by atoms with Crippen LogP contribution in [0.1, 0.15) is 54.0 Å². The molecular formula is C28H21N5O4S. The Morgan fingerprint density at radius 1 is 0.895 bits per heavy atom. The van der Waals surface area contributed by atoms with Crippen LogP contribution < -0.4 is 15.1 Å². The van der Waals surface area contributed by atoms with Crippen molar-refractivity contribution in [3.05, 3.63) is 100 Å². The lowest BCUT2D eigenvalue weighted by Gasteiger charge is -2.16. The molecule has 0 spiro atoms. The molecule has 1 aromatic heterocycles. The average molecular weight is 524 g/mol. The first-order valence-electron chi connectivity index (χ1n) is 12.0. The van der Waals surface area contributed by atoms with E-state index in [1.165, 1.54) is 11.3 Å². The molecule has 0 saturated carbocycles. The number of rotatable bonds is 5. The molecule has 3 aromatic carbocycles. The standard InChI is InChI=1S/C28H21N5O4S/c1-16-5-4-6-20(13-16)32-15-18(14-23(32)34)25-30-31-28(38-25)29-24(35)17-9-11-19(12-10-17)33-26(36)21-7-2-3-8-22(21)27(33)37/h2-13,18H,14-15H2,1H3,(H,29,31,35). The number of nitrogens with one attached hydrogen (secondary N) is 1. The molecule has 9 nitrogen and oxygen atoms in total. The lowest BCUT2D eigenvalue weighted by Crippen LogP contribution is -2.29. The molecule has 3 heterocycles. The van der Waals surface area contributed by atoms with Crippen molar-refractivity contribution in [2.75, 3.05) is 21.7 Å². The fraction of sp³-hybridized carbons (Fsp3) is 0.143. The maximum absolute atomic E-state index is 12.8. The van der Waals surface area contributed by atoms with E-state index in [9.17, 15) is 19.2 Å². The summed E-state index contributed by atoms with van der Waals surface area (Å²) >= 11 is 1.24. The van der Waals surface area contributed by atoms with Gasteiger partial charge in [0.25, 0.3) is 17.7 Å². The van der Waals surface area contributed by atoms with E-state index < -0.39 is 17.7 Å². The van der Waals surface area contributed by atoms with Gasteiger partial charge in [-0.2, -0.15) is 0 Å². The average Bonchev–Trinajstić information content (AvgIpc) is 3.61. The Morgan fingerprint density at radius 3 is 2.29 bits per heavy atom. The smallest absolute Gasteiger partial charge is 0.266 e. The molecule has 0 bridgehead atoms. The summed E-state index contributed by atoms with van der Waals surface area (Å²) in [5.74, 6) is -1.26. The van der Waals surface area contributed by atoms with Crippen LogP contribution in [0.4, 0.5) is 16.5 Å². The molecule has 4 aromatic rings. The number of aromatic nitrogens is 2. The van der Waals surface area contributed by atoms with Crippen molar-refractivity contribution >= 4 is 51.5 Å². The van der Waals surface area contributed by atoms with Crippen LogP contribution in [0, 0.1) is 6.92 Å². The highest BCUT2D eigenvalue weighted by atomic mass is 32.1. The first-order valence-corrected chi connectivity index (χ1v) is 12.8. The van der Waals surface area contributed by atoms with Gasteiger partial charge in [0.2, 0.25) is 11.0 Å². The highest BCUT2D eigenvalue weighted by Gasteiger charge is 2.36. The molecule has 188 valence electrons. The number of benzene rings is 3. The highest BCUT2D eigenvalue weighted by Crippen LogP contribution is 2.35. The zero-order valence-electron chi connectivity index (χ0n) is 20.2. The van der Waals surface area contributed by atoms with Crippen molar-refractivity contribution in [1.82, 2.24) is 10.2 Å². The first kappa shape index (κ1) is 23.7. The van der Waals surface area contributed by atoms with Crippen molar-refractivity contribution in [1.29, 1.82) is 0 Å². The summed E-state index contributed by atoms with van der Waals surface area (Å²) in [7, 11) is 0. The van der Waals surface area contributed by atoms with E-state index in [1.54, 1.807) is 53.4 Å². The van der Waals surface area contributed by atoms with Crippen molar-refractivity contribution in [2.45, 2.75) is 19.3 Å². The second kappa shape index (κ2) is 9.31. The molecule has 2 aliphatic heterocycles. The lowest BCUT2D eigenvalue weighted by atomic mass is 10.1. The van der Waals surface area contributed by atoms with E-state index in [4.69, 9.17) is 0 Å². The normalized spacial score (nSPS) is 16.8. The number of nitrogens with zero attached hydrogens (tertiary/aromatic N) is 4. The zero-order valence-corrected chi connectivity index (χ0v) is 21.1. The van der Waals surface area contributed by atoms with Gasteiger partial charge in [-0.15, -0.1) is 10.2 Å². The van der Waals surface area contributed by atoms with Crippen LogP contribution in [0.3, 0.4) is 0 Å². The van der Waals surface area contributed by atoms with Gasteiger partial charge in [-0.05, 0) is 61.0 Å². The maximum Gasteiger partial charge on any atom is 0.266 e. The Kier molecular flexibility index (Phi) is 5.80. The second-order valence-corrected chi connectivity index (χ2v) is 10.2. The second-order valence-electron chi connectivity index (χ2n) is 9.18. The number of carbonyl (C=O) groups excluding carboxylic acids is 4. The number of hydrogen-bond donors (Lipinski definition) is 1. The van der Waals surface area contributed by atoms with Crippen LogP contribution in [0.5, 0.6) is 0 Å². The molecule has 1 fully saturated rings. The van der Waals surface area contributed by atoms with E-state index in [0.717, 1.165) is 16.2 Å². The molecule has 6 rings (SSSR count). The predicted molar refractivity (Wildman–Crippen MR) is 143 cm³/mol. The number of fused-ring (bicyclic) bond motifs is 1. The van der Waals surface area contributed by atoms with Gasteiger partial charge >= 0.3 is 0 Å². The summed E-state index contributed by atoms with van der Waals surface area (Å²) in [5, 5.41) is 12.1. The van der Waals surface area contributed by atoms with Gasteiger partial charge in [-0.3, -0.25) is 24.5 Å². The third-order valence-electron chi connectivity index (χ3n) is 6.63. The number of hydrogen-bond acceptors (Lipinski definition) is 7. The topological polar surface area (TPSA) is 113 Å². The lowest BCUT2D eigenvalue weighted by molar-refractivity contribution is -0.117. The van der Waals surface area contributed by atoms with Crippen molar-refractivity contribution in [3.8, 4) is 0 Å². The van der Waals surface area contributed by atoms with Gasteiger partial charge in [0.05, 0.1) is 16.8 Å². The quantitative estimate of drug-likeness (QED) is 0.388. The number of carbonyl (C=O) groups is 4. The van der Waals surface area contributed by atoms with Crippen LogP contribution in [-0.4, -0.2) is 40.4 Å². The monoisotopic (exact) mass is 523 g/mol. The zero-order chi connectivity index (χ0) is 26.4. The highest BCUT2D eigenvalue weighted by molar-refractivity contribution is 7.15. The minimum Gasteiger partial charge on any atom is -0.312 e. The molecule has 4 amide bonds. The van der Waals surface area contributed by atoms with Crippen LogP contribution in [-0.2, 0) is 4.79 Å². The van der Waals surface area contributed by atoms with Crippen molar-refractivity contribution in [3.63, 3.8) is 0 Å². The van der Waals surface area contributed by atoms with Crippen LogP contribution in [0.25, 0.3) is 0 Å². The number of amides is 4. The summed E-state index contributed by atoms with van der Waals surface area (Å²) in [6, 6.07) is 20.7. The molecule has 2 aliphatic rings. The van der Waals surface area contributed by atoms with Crippen LogP contribution >= 0.6 is 11.3 Å². The molecule has 38 heavy (non-hydrogen) atoms. The van der Waals surface area contributed by atoms with E-state index in [2.05, 4.69) is 15.5 Å². The number of anilines is 3. The molecule has 1 unspecified atom stereocenters. The molecular weight excluding hydrogens is 502 g/mol. The third kappa shape index (κ3) is 4.14. The van der Waals surface area contributed by atoms with Gasteiger partial charge in [0.15, 0.2) is 0 Å². The SMILES string of the molecule is Cc1cccc(N2CC(c3nnc(NC(=O)c4ccc(N5C(=O)c6ccccc6C5=O)cc4)s3)CC2=O)c1. The Bertz CT molecular complexity index is 1580. The Labute approximate surface area is 221 Å². The molecule has 1 N–H and O–H groups in total. The van der Waals surface area contributed by atoms with Gasteiger partial charge in [-0.1, -0.05) is 35.6 Å². The number of aryl methyl sites for hydroxylation is 1. The van der Waals surface area contributed by atoms with Gasteiger partial charge < -0.3 is 4.90 Å². The summed E-state index contributed by atoms with van der Waals surface area (Å²) in [6.07, 6.45) is 0.329. The van der Waals surface area contributed by atoms with E-state index in [0.29, 0.717) is 45.5 Å². The molecule has 1 atom stereocenters. The minimum atomic E-state index is -0.398. The van der Waals surface area contributed by atoms with Gasteiger partial charge in [-0.25, -0.2) is 4.90 Å². The molecule has 10 heteroatoms. The van der Waals surface area contributed by atoms with E-state index in [-0.39, 0.29) is 11.8 Å². The minimum absolute atomic E-state index is 0.0273. The Hall–Kier alpha value is -4.70. The molecule has 0 aliphatic carbocycles. The largest absolute Gasteiger partial charge is 0.312 e. The van der Waals surface area contributed by atoms with Crippen LogP contribution in [0.2, 0.25) is 0 Å². The number of imide groups is 1. The summed E-state index contributed by atoms with van der Waals surface area (Å²) in [5.41, 5.74) is 3.38. The predicted octanol–water partition coefficient (Wildman–Crippen LogP) is 4.42. The summed E-state index contributed by atoms with van der Waals surface area (Å²) < 4.78 is 0. The molecule has 0 radical (unpaired) electrons. The van der Waals surface area contributed by atoms with Crippen molar-refractivity contribution in [2.24, 2.45) is 0 Å². The maximum atomic E-state index is 12.8. The Morgan fingerprint density at radius 2 is 1.61 bits per heavy atom. The van der Waals surface area contributed by atoms with Gasteiger partial charge in [0.1, 0.15) is 5.01 Å². The van der Waals surface area contributed by atoms with E-state index in [1.807, 2.05) is 31.2 Å². The van der Waals surface area contributed by atoms with E-state index >= 15 is 0 Å². The summed E-state index contributed by atoms with van der Waals surface area (Å²) in [4.78, 5) is 53.7. The third-order valence-corrected chi connectivity index (χ3v) is 7.63. The fourth-order valence-electron chi connectivity index (χ4n) is 4.72.